The standard InChI is InChI=1S/C19H10F6N2O2.C12H6F4N2O3.2C12H8F4N2O.C7H3ClF2O.C7H4F4O.C5H3BrN2O2/c20-10-4-6-12(19(23,24)25)15(8-10)29-11-5-7-16(26-9-11)27-18(28)17-13(21)2-1-3-14(17)22;13-7-1-3-9(12(14,15)16)10(5-7)21-8-2-4-11(17-6-8)18(19)20;2*13-7-1-3-9(12(14,15)16)10(5-7)19-8-2-4-11(17)18-6-8;8-7(11)6-4(9)2-1-3-5(6)10;8-4-1-2-5(6(12)3-4)7(9,10)11;6-4-1-2-5(7-3-4)8(9)10/h1-9H,(H,26,27,28);1-6H;2*1-6H,(H2,17,18);1-3H;1-3,12H;1-3H. The number of halogens is 26. The number of nitrogens with one attached hydrogen (secondary N) is 1. The summed E-state index contributed by atoms with van der Waals surface area (Å²) in [5, 5.41) is 30.1. The minimum Gasteiger partial charge on any atom is -0.507 e. The molecular formula is C74H42BrClF24N10O11. The number of nitrogens with zero attached hydrogens (tertiary/aromatic N) is 7. The van der Waals surface area contributed by atoms with E-state index in [-0.39, 0.29) is 46.3 Å². The maximum atomic E-state index is 13.6. The highest BCUT2D eigenvalue weighted by Crippen LogP contribution is 2.43. The molecule has 0 atom stereocenters. The van der Waals surface area contributed by atoms with E-state index in [2.05, 4.69) is 46.2 Å². The van der Waals surface area contributed by atoms with Crippen molar-refractivity contribution in [3.8, 4) is 51.7 Å². The van der Waals surface area contributed by atoms with Gasteiger partial charge in [0.05, 0.1) is 50.9 Å². The number of ether oxygens (including phenoxy) is 4. The summed E-state index contributed by atoms with van der Waals surface area (Å²) in [6.45, 7) is 0. The summed E-state index contributed by atoms with van der Waals surface area (Å²) in [6, 6.07) is 27.7. The molecule has 21 nitrogen and oxygen atoms in total. The van der Waals surface area contributed by atoms with E-state index in [0.29, 0.717) is 78.9 Å². The van der Waals surface area contributed by atoms with Gasteiger partial charge in [-0.25, -0.2) is 54.5 Å². The van der Waals surface area contributed by atoms with Crippen molar-refractivity contribution in [2.75, 3.05) is 16.8 Å². The number of aromatic hydroxyl groups is 1. The second-order valence-electron chi connectivity index (χ2n) is 22.5. The topological polar surface area (TPSA) is 306 Å². The van der Waals surface area contributed by atoms with Crippen LogP contribution in [-0.2, 0) is 30.9 Å². The van der Waals surface area contributed by atoms with E-state index in [0.717, 1.165) is 102 Å². The summed E-state index contributed by atoms with van der Waals surface area (Å²) in [5.74, 6) is -14.1. The second kappa shape index (κ2) is 41.8. The first-order chi connectivity index (χ1) is 56.4. The number of hydrogen-bond donors (Lipinski definition) is 4. The van der Waals surface area contributed by atoms with Crippen molar-refractivity contribution in [2.45, 2.75) is 30.9 Å². The van der Waals surface area contributed by atoms with Gasteiger partial charge in [0.15, 0.2) is 18.1 Å². The van der Waals surface area contributed by atoms with E-state index in [1.807, 2.05) is 0 Å². The maximum Gasteiger partial charge on any atom is 0.419 e. The Bertz CT molecular complexity index is 5430. The van der Waals surface area contributed by atoms with Crippen molar-refractivity contribution in [1.29, 1.82) is 0 Å². The summed E-state index contributed by atoms with van der Waals surface area (Å²) in [4.78, 5) is 59.5. The zero-order chi connectivity index (χ0) is 90.2. The van der Waals surface area contributed by atoms with Gasteiger partial charge >= 0.3 is 42.5 Å². The predicted molar refractivity (Wildman–Crippen MR) is 381 cm³/mol. The molecule has 5 aromatic heterocycles. The molecule has 6 N–H and O–H groups in total. The normalized spacial score (nSPS) is 11.0. The predicted octanol–water partition coefficient (Wildman–Crippen LogP) is 23.4. The fourth-order valence-electron chi connectivity index (χ4n) is 8.53. The van der Waals surface area contributed by atoms with Crippen LogP contribution in [-0.4, -0.2) is 51.0 Å². The number of phenolic OH excluding ortho intramolecular Hbond substituents is 1. The number of alkyl halides is 15. The van der Waals surface area contributed by atoms with E-state index in [1.54, 1.807) is 6.07 Å². The molecule has 5 heterocycles. The molecule has 47 heteroatoms. The number of hydrogen-bond acceptors (Lipinski definition) is 18. The highest BCUT2D eigenvalue weighted by molar-refractivity contribution is 9.10. The van der Waals surface area contributed by atoms with Gasteiger partial charge < -0.3 is 61.1 Å². The first-order valence-electron chi connectivity index (χ1n) is 31.8. The molecule has 0 saturated heterocycles. The van der Waals surface area contributed by atoms with Crippen molar-refractivity contribution >= 4 is 67.8 Å². The number of carbonyl (C=O) groups is 2. The smallest absolute Gasteiger partial charge is 0.419 e. The lowest BCUT2D eigenvalue weighted by Gasteiger charge is -2.14. The van der Waals surface area contributed by atoms with Gasteiger partial charge in [-0.3, -0.25) is 9.59 Å². The Balaban J connectivity index is 0.000000225. The molecule has 7 aromatic carbocycles. The molecule has 0 radical (unpaired) electrons. The van der Waals surface area contributed by atoms with Crippen LogP contribution in [0.4, 0.5) is 134 Å². The van der Waals surface area contributed by atoms with Crippen LogP contribution >= 0.6 is 27.5 Å². The Labute approximate surface area is 673 Å². The number of carbonyl (C=O) groups excluding carboxylic acids is 2. The van der Waals surface area contributed by atoms with Crippen LogP contribution in [0, 0.1) is 72.6 Å². The van der Waals surface area contributed by atoms with Gasteiger partial charge in [-0.05, 0) is 181 Å². The molecule has 121 heavy (non-hydrogen) atoms. The van der Waals surface area contributed by atoms with Crippen molar-refractivity contribution in [2.24, 2.45) is 0 Å². The van der Waals surface area contributed by atoms with Crippen LogP contribution in [0.3, 0.4) is 0 Å². The average Bonchev–Trinajstić information content (AvgIpc) is 0.783. The number of amides is 1. The largest absolute Gasteiger partial charge is 0.507 e. The molecule has 0 bridgehead atoms. The summed E-state index contributed by atoms with van der Waals surface area (Å²) < 4.78 is 327. The van der Waals surface area contributed by atoms with E-state index in [1.165, 1.54) is 36.5 Å². The first-order valence-corrected chi connectivity index (χ1v) is 32.9. The molecule has 0 aliphatic carbocycles. The molecule has 0 aliphatic heterocycles. The molecule has 0 spiro atoms. The van der Waals surface area contributed by atoms with E-state index < -0.39 is 178 Å². The number of nitrogens with two attached hydrogens (primary N) is 2. The van der Waals surface area contributed by atoms with Crippen molar-refractivity contribution < 1.29 is 149 Å². The third-order valence-electron chi connectivity index (χ3n) is 13.8. The minimum atomic E-state index is -4.77. The van der Waals surface area contributed by atoms with E-state index >= 15 is 0 Å². The van der Waals surface area contributed by atoms with Crippen LogP contribution in [0.1, 0.15) is 48.5 Å². The Hall–Kier alpha value is -14.1. The lowest BCUT2D eigenvalue weighted by molar-refractivity contribution is -0.389. The Morgan fingerprint density at radius 2 is 0.669 bits per heavy atom. The number of phenols is 1. The first kappa shape index (κ1) is 95.8. The highest BCUT2D eigenvalue weighted by Gasteiger charge is 2.39. The molecule has 12 rings (SSSR count). The van der Waals surface area contributed by atoms with Crippen molar-refractivity contribution in [1.82, 2.24) is 24.9 Å². The maximum absolute atomic E-state index is 13.6. The molecule has 12 aromatic rings. The highest BCUT2D eigenvalue weighted by atomic mass is 79.9. The molecule has 0 saturated carbocycles. The molecule has 0 aliphatic rings. The Kier molecular flexibility index (Phi) is 33.1. The Morgan fingerprint density at radius 1 is 0.380 bits per heavy atom. The number of anilines is 3. The molecule has 636 valence electrons. The summed E-state index contributed by atoms with van der Waals surface area (Å²) >= 11 is 8.00. The van der Waals surface area contributed by atoms with E-state index in [4.69, 9.17) is 47.1 Å². The van der Waals surface area contributed by atoms with Crippen molar-refractivity contribution in [3.05, 3.63) is 335 Å². The second-order valence-corrected chi connectivity index (χ2v) is 23.7. The van der Waals surface area contributed by atoms with Crippen LogP contribution in [0.2, 0.25) is 0 Å². The Morgan fingerprint density at radius 3 is 0.926 bits per heavy atom. The fraction of sp³-hybridized carbons (Fsp3) is 0.0676. The molecular weight excluding hydrogens is 1780 g/mol. The summed E-state index contributed by atoms with van der Waals surface area (Å²) in [6.07, 6.45) is -17.9. The summed E-state index contributed by atoms with van der Waals surface area (Å²) in [7, 11) is 0. The zero-order valence-electron chi connectivity index (χ0n) is 58.9. The monoisotopic (exact) mass is 1820 g/mol. The minimum absolute atomic E-state index is 0.0327. The lowest BCUT2D eigenvalue weighted by Crippen LogP contribution is -2.16. The number of benzene rings is 7. The molecule has 1 amide bonds. The third-order valence-corrected chi connectivity index (χ3v) is 14.5. The number of aromatic nitrogens is 5. The van der Waals surface area contributed by atoms with Gasteiger partial charge in [-0.2, -0.15) is 65.9 Å². The third kappa shape index (κ3) is 30.1. The van der Waals surface area contributed by atoms with Crippen LogP contribution < -0.4 is 35.7 Å². The lowest BCUT2D eigenvalue weighted by atomic mass is 10.2. The zero-order valence-corrected chi connectivity index (χ0v) is 61.3. The fourth-order valence-corrected chi connectivity index (χ4v) is 8.94. The van der Waals surface area contributed by atoms with Crippen molar-refractivity contribution in [3.63, 3.8) is 0 Å². The van der Waals surface area contributed by atoms with Gasteiger partial charge in [0.25, 0.3) is 11.1 Å². The summed E-state index contributed by atoms with van der Waals surface area (Å²) in [5.41, 5.74) is 3.44. The van der Waals surface area contributed by atoms with Crippen LogP contribution in [0.5, 0.6) is 51.7 Å². The number of nitrogen functional groups attached to an aromatic ring is 2. The van der Waals surface area contributed by atoms with Gasteiger partial charge in [0.2, 0.25) is 0 Å². The molecule has 0 fully saturated rings. The average molecular weight is 1820 g/mol. The quantitative estimate of drug-likeness (QED) is 0.0361. The number of pyridine rings is 5. The molecule has 0 unspecified atom stereocenters. The number of nitro groups is 2. The SMILES string of the molecule is Nc1ccc(Oc2cc(F)ccc2C(F)(F)F)cn1.Nc1ccc(Oc2cc(F)ccc2C(F)(F)F)cn1.O=C(Cl)c1c(F)cccc1F.O=C(Nc1ccc(Oc2cc(F)ccc2C(F)(F)F)cn1)c1c(F)cccc1F.O=[N+]([O-])c1ccc(Br)cn1.O=[N+]([O-])c1ccc(Oc2cc(F)ccc2C(F)(F)F)cn1.Oc1cc(F)ccc1C(F)(F)F. The van der Waals surface area contributed by atoms with Gasteiger partial charge in [0, 0.05) is 42.5 Å². The number of rotatable bonds is 13. The van der Waals surface area contributed by atoms with Gasteiger partial charge in [-0.1, -0.05) is 12.1 Å². The van der Waals surface area contributed by atoms with E-state index in [9.17, 15) is 135 Å². The van der Waals surface area contributed by atoms with Gasteiger partial charge in [0.1, 0.15) is 127 Å². The van der Waals surface area contributed by atoms with Crippen LogP contribution in [0.25, 0.3) is 0 Å². The van der Waals surface area contributed by atoms with Crippen LogP contribution in [0.15, 0.2) is 224 Å². The van der Waals surface area contributed by atoms with Gasteiger partial charge in [-0.15, -0.1) is 0 Å².